The van der Waals surface area contributed by atoms with Crippen LogP contribution in [0, 0.1) is 10.8 Å². The number of rotatable bonds is 4. The predicted octanol–water partition coefficient (Wildman–Crippen LogP) is 0.633. The first-order chi connectivity index (χ1) is 6.49. The number of amidine groups is 1. The van der Waals surface area contributed by atoms with E-state index < -0.39 is 5.90 Å². The van der Waals surface area contributed by atoms with Crippen LogP contribution in [0.3, 0.4) is 0 Å². The Balaban J connectivity index is 4.54. The first kappa shape index (κ1) is 12.5. The minimum atomic E-state index is -0.561. The molecule has 0 unspecified atom stereocenters. The van der Waals surface area contributed by atoms with Crippen LogP contribution in [-0.4, -0.2) is 29.7 Å². The van der Waals surface area contributed by atoms with Gasteiger partial charge in [0.15, 0.2) is 0 Å². The molecular weight excluding hydrogens is 180 g/mol. The summed E-state index contributed by atoms with van der Waals surface area (Å²) in [4.78, 5) is 7.36. The van der Waals surface area contributed by atoms with E-state index in [0.717, 1.165) is 6.42 Å². The summed E-state index contributed by atoms with van der Waals surface area (Å²) in [6, 6.07) is 0. The van der Waals surface area contributed by atoms with Gasteiger partial charge in [-0.1, -0.05) is 6.92 Å². The smallest absolute Gasteiger partial charge is 0.117 e. The van der Waals surface area contributed by atoms with Gasteiger partial charge >= 0.3 is 0 Å². The first-order valence-corrected chi connectivity index (χ1v) is 4.40. The highest BCUT2D eigenvalue weighted by atomic mass is 16.3. The lowest BCUT2D eigenvalue weighted by atomic mass is 10.2. The van der Waals surface area contributed by atoms with E-state index in [2.05, 4.69) is 9.98 Å². The minimum absolute atomic E-state index is 0.0792. The van der Waals surface area contributed by atoms with Crippen LogP contribution in [0.5, 0.6) is 0 Å². The molecule has 0 aliphatic heterocycles. The Morgan fingerprint density at radius 2 is 1.86 bits per heavy atom. The molecule has 2 N–H and O–H groups in total. The second kappa shape index (κ2) is 6.01. The van der Waals surface area contributed by atoms with Crippen molar-refractivity contribution in [2.24, 2.45) is 9.98 Å². The molecular formula is C9H15N4O-. The molecule has 0 aliphatic rings. The average Bonchev–Trinajstić information content (AvgIpc) is 2.11. The van der Waals surface area contributed by atoms with Crippen molar-refractivity contribution in [1.29, 1.82) is 10.8 Å². The van der Waals surface area contributed by atoms with Crippen molar-refractivity contribution in [1.82, 2.24) is 0 Å². The Hall–Kier alpha value is -1.52. The van der Waals surface area contributed by atoms with Crippen LogP contribution in [-0.2, 0) is 0 Å². The van der Waals surface area contributed by atoms with Gasteiger partial charge in [-0.15, -0.1) is 0 Å². The van der Waals surface area contributed by atoms with Gasteiger partial charge in [-0.2, -0.15) is 0 Å². The van der Waals surface area contributed by atoms with Gasteiger partial charge in [0.25, 0.3) is 0 Å². The van der Waals surface area contributed by atoms with Crippen molar-refractivity contribution >= 4 is 23.2 Å². The van der Waals surface area contributed by atoms with Gasteiger partial charge < -0.3 is 5.11 Å². The topological polar surface area (TPSA) is 95.5 Å². The van der Waals surface area contributed by atoms with Crippen molar-refractivity contribution in [3.63, 3.8) is 0 Å². The van der Waals surface area contributed by atoms with E-state index in [1.807, 2.05) is 6.92 Å². The maximum absolute atomic E-state index is 11.2. The molecule has 0 aliphatic carbocycles. The Kier molecular flexibility index (Phi) is 5.36. The number of hydrogen-bond donors (Lipinski definition) is 2. The van der Waals surface area contributed by atoms with Gasteiger partial charge in [0.05, 0.1) is 11.4 Å². The van der Waals surface area contributed by atoms with Gasteiger partial charge in [-0.25, -0.2) is 4.99 Å². The molecule has 0 aromatic rings. The van der Waals surface area contributed by atoms with Gasteiger partial charge in [0.2, 0.25) is 0 Å². The third-order valence-corrected chi connectivity index (χ3v) is 1.39. The van der Waals surface area contributed by atoms with Crippen LogP contribution in [0.25, 0.3) is 0 Å². The summed E-state index contributed by atoms with van der Waals surface area (Å²) < 4.78 is 0. The molecule has 0 aromatic heterocycles. The maximum Gasteiger partial charge on any atom is 0.117 e. The van der Waals surface area contributed by atoms with Gasteiger partial charge in [-0.3, -0.25) is 15.8 Å². The standard InChI is InChI=1S/C9H16N4O/c1-4-5-12-9(14)8(11)6(2)13-7(3)10/h10-11H,4-5H2,1-3H3,(H,12,14)/p-1. The lowest BCUT2D eigenvalue weighted by Crippen LogP contribution is -2.32. The van der Waals surface area contributed by atoms with E-state index >= 15 is 0 Å². The van der Waals surface area contributed by atoms with E-state index in [0.29, 0.717) is 6.54 Å². The molecule has 0 spiro atoms. The third kappa shape index (κ3) is 4.49. The largest absolute Gasteiger partial charge is 0.857 e. The summed E-state index contributed by atoms with van der Waals surface area (Å²) in [5.74, 6) is -0.482. The van der Waals surface area contributed by atoms with Gasteiger partial charge in [-0.05, 0) is 20.3 Å². The molecule has 0 bridgehead atoms. The Bertz CT molecular complexity index is 291. The average molecular weight is 195 g/mol. The predicted molar refractivity (Wildman–Crippen MR) is 56.8 cm³/mol. The monoisotopic (exact) mass is 195 g/mol. The molecule has 5 heteroatoms. The Labute approximate surface area is 83.6 Å². The lowest BCUT2D eigenvalue weighted by Gasteiger charge is -2.11. The minimum Gasteiger partial charge on any atom is -0.857 e. The van der Waals surface area contributed by atoms with Gasteiger partial charge in [0, 0.05) is 12.4 Å². The van der Waals surface area contributed by atoms with Crippen LogP contribution < -0.4 is 5.11 Å². The zero-order valence-electron chi connectivity index (χ0n) is 8.72. The highest BCUT2D eigenvalue weighted by molar-refractivity contribution is 6.65. The van der Waals surface area contributed by atoms with Crippen LogP contribution >= 0.6 is 0 Å². The summed E-state index contributed by atoms with van der Waals surface area (Å²) in [5, 5.41) is 25.7. The third-order valence-electron chi connectivity index (χ3n) is 1.39. The Morgan fingerprint density at radius 1 is 1.29 bits per heavy atom. The fourth-order valence-electron chi connectivity index (χ4n) is 0.755. The van der Waals surface area contributed by atoms with E-state index in [1.165, 1.54) is 13.8 Å². The highest BCUT2D eigenvalue weighted by Crippen LogP contribution is 1.86. The summed E-state index contributed by atoms with van der Waals surface area (Å²) >= 11 is 0. The van der Waals surface area contributed by atoms with E-state index in [1.54, 1.807) is 0 Å². The maximum atomic E-state index is 11.2. The molecule has 0 saturated heterocycles. The summed E-state index contributed by atoms with van der Waals surface area (Å²) in [5.41, 5.74) is 0.00685. The second-order valence-corrected chi connectivity index (χ2v) is 2.84. The number of nitrogens with zero attached hydrogens (tertiary/aromatic N) is 2. The second-order valence-electron chi connectivity index (χ2n) is 2.84. The lowest BCUT2D eigenvalue weighted by molar-refractivity contribution is -0.209. The molecule has 0 fully saturated rings. The quantitative estimate of drug-likeness (QED) is 0.499. The molecule has 0 aromatic carbocycles. The molecule has 0 heterocycles. The highest BCUT2D eigenvalue weighted by Gasteiger charge is 2.00. The van der Waals surface area contributed by atoms with Crippen LogP contribution in [0.15, 0.2) is 9.98 Å². The molecule has 0 saturated carbocycles. The van der Waals surface area contributed by atoms with E-state index in [-0.39, 0.29) is 17.3 Å². The first-order valence-electron chi connectivity index (χ1n) is 4.40. The molecule has 0 rings (SSSR count). The molecule has 0 amide bonds. The molecule has 14 heavy (non-hydrogen) atoms. The molecule has 5 nitrogen and oxygen atoms in total. The number of nitrogens with one attached hydrogen (secondary N) is 2. The van der Waals surface area contributed by atoms with Crippen LogP contribution in [0.1, 0.15) is 27.2 Å². The van der Waals surface area contributed by atoms with Crippen molar-refractivity contribution < 1.29 is 5.11 Å². The normalized spacial score (nSPS) is 12.8. The SMILES string of the molecule is CCCN=C([O-])C(=N)C(C)=NC(C)=N. The zero-order chi connectivity index (χ0) is 11.1. The zero-order valence-corrected chi connectivity index (χ0v) is 8.72. The van der Waals surface area contributed by atoms with Crippen LogP contribution in [0.4, 0.5) is 0 Å². The van der Waals surface area contributed by atoms with Crippen LogP contribution in [0.2, 0.25) is 0 Å². The fraction of sp³-hybridized carbons (Fsp3) is 0.556. The van der Waals surface area contributed by atoms with Gasteiger partial charge in [0.1, 0.15) is 5.84 Å². The van der Waals surface area contributed by atoms with E-state index in [9.17, 15) is 5.11 Å². The Morgan fingerprint density at radius 3 is 2.29 bits per heavy atom. The summed E-state index contributed by atoms with van der Waals surface area (Å²) in [7, 11) is 0. The molecule has 78 valence electrons. The summed E-state index contributed by atoms with van der Waals surface area (Å²) in [6.45, 7) is 5.35. The number of aliphatic imine (C=N–C) groups is 2. The molecule has 0 atom stereocenters. The van der Waals surface area contributed by atoms with E-state index in [4.69, 9.17) is 10.8 Å². The van der Waals surface area contributed by atoms with Crippen molar-refractivity contribution in [2.75, 3.05) is 6.54 Å². The van der Waals surface area contributed by atoms with Crippen molar-refractivity contribution in [3.8, 4) is 0 Å². The van der Waals surface area contributed by atoms with Crippen molar-refractivity contribution in [2.45, 2.75) is 27.2 Å². The fourth-order valence-corrected chi connectivity index (χ4v) is 0.755. The number of hydrogen-bond acceptors (Lipinski definition) is 4. The summed E-state index contributed by atoms with van der Waals surface area (Å²) in [6.07, 6.45) is 0.777. The molecule has 0 radical (unpaired) electrons. The van der Waals surface area contributed by atoms with Crippen molar-refractivity contribution in [3.05, 3.63) is 0 Å².